The molecule has 1 unspecified atom stereocenters. The number of benzene rings is 1. The predicted molar refractivity (Wildman–Crippen MR) is 80.6 cm³/mol. The number of hydrogen-bond donors (Lipinski definition) is 1. The van der Waals surface area contributed by atoms with Crippen LogP contribution < -0.4 is 0 Å². The molecule has 0 saturated heterocycles. The van der Waals surface area contributed by atoms with Gasteiger partial charge in [0.15, 0.2) is 6.04 Å². The Balaban J connectivity index is 1.76. The van der Waals surface area contributed by atoms with Crippen LogP contribution in [0.2, 0.25) is 0 Å². The number of aromatic nitrogens is 2. The Hall–Kier alpha value is -2.83. The van der Waals surface area contributed by atoms with Crippen molar-refractivity contribution in [3.63, 3.8) is 0 Å². The van der Waals surface area contributed by atoms with Crippen molar-refractivity contribution in [1.29, 1.82) is 0 Å². The molecule has 23 heavy (non-hydrogen) atoms. The summed E-state index contributed by atoms with van der Waals surface area (Å²) >= 11 is 0. The summed E-state index contributed by atoms with van der Waals surface area (Å²) in [5.41, 5.74) is 2.24. The van der Waals surface area contributed by atoms with Crippen molar-refractivity contribution < 1.29 is 19.4 Å². The molecule has 1 aliphatic rings. The number of carbonyl (C=O) groups excluding carboxylic acids is 1. The average molecular weight is 315 g/mol. The lowest BCUT2D eigenvalue weighted by Crippen LogP contribution is -2.43. The zero-order valence-corrected chi connectivity index (χ0v) is 12.7. The van der Waals surface area contributed by atoms with E-state index in [1.165, 1.54) is 11.1 Å². The molecule has 0 saturated carbocycles. The number of carboxylic acids is 1. The van der Waals surface area contributed by atoms with Crippen LogP contribution in [0.1, 0.15) is 22.9 Å². The van der Waals surface area contributed by atoms with Gasteiger partial charge in [-0.1, -0.05) is 30.3 Å². The lowest BCUT2D eigenvalue weighted by molar-refractivity contribution is -0.143. The van der Waals surface area contributed by atoms with E-state index in [0.29, 0.717) is 12.0 Å². The first-order valence-corrected chi connectivity index (χ1v) is 7.29. The molecule has 0 aliphatic carbocycles. The van der Waals surface area contributed by atoms with Gasteiger partial charge in [0.1, 0.15) is 6.61 Å². The minimum absolute atomic E-state index is 0.114. The number of ether oxygens (including phenoxy) is 1. The van der Waals surface area contributed by atoms with E-state index in [4.69, 9.17) is 4.74 Å². The van der Waals surface area contributed by atoms with Gasteiger partial charge in [-0.15, -0.1) is 0 Å². The van der Waals surface area contributed by atoms with Crippen molar-refractivity contribution >= 4 is 12.1 Å². The maximum Gasteiger partial charge on any atom is 0.411 e. The van der Waals surface area contributed by atoms with E-state index in [-0.39, 0.29) is 13.2 Å². The van der Waals surface area contributed by atoms with E-state index >= 15 is 0 Å². The monoisotopic (exact) mass is 315 g/mol. The molecule has 1 aromatic carbocycles. The molecular formula is C16H17N3O4. The maximum absolute atomic E-state index is 12.3. The maximum atomic E-state index is 12.3. The number of aryl methyl sites for hydroxylation is 1. The number of nitrogens with zero attached hydrogens (tertiary/aromatic N) is 3. The van der Waals surface area contributed by atoms with Crippen molar-refractivity contribution in [2.75, 3.05) is 6.54 Å². The summed E-state index contributed by atoms with van der Waals surface area (Å²) in [5.74, 6) is -1.09. The number of rotatable bonds is 3. The Labute approximate surface area is 133 Å². The molecule has 2 heterocycles. The topological polar surface area (TPSA) is 84.7 Å². The van der Waals surface area contributed by atoms with Gasteiger partial charge < -0.3 is 9.84 Å². The molecule has 0 radical (unpaired) electrons. The van der Waals surface area contributed by atoms with E-state index in [1.807, 2.05) is 30.3 Å². The van der Waals surface area contributed by atoms with Crippen LogP contribution in [0.15, 0.2) is 36.5 Å². The molecule has 0 fully saturated rings. The minimum Gasteiger partial charge on any atom is -0.479 e. The highest BCUT2D eigenvalue weighted by Gasteiger charge is 2.38. The Morgan fingerprint density at radius 3 is 2.78 bits per heavy atom. The fraction of sp³-hybridized carbons (Fsp3) is 0.312. The van der Waals surface area contributed by atoms with Gasteiger partial charge in [0.05, 0.1) is 6.20 Å². The third kappa shape index (κ3) is 2.90. The van der Waals surface area contributed by atoms with Gasteiger partial charge in [0.25, 0.3) is 0 Å². The average Bonchev–Trinajstić information content (AvgIpc) is 2.94. The third-order valence-electron chi connectivity index (χ3n) is 3.96. The van der Waals surface area contributed by atoms with E-state index in [2.05, 4.69) is 5.10 Å². The molecule has 7 nitrogen and oxygen atoms in total. The lowest BCUT2D eigenvalue weighted by Gasteiger charge is -2.32. The Kier molecular flexibility index (Phi) is 4.01. The van der Waals surface area contributed by atoms with Crippen LogP contribution in [-0.4, -0.2) is 38.4 Å². The SMILES string of the molecule is Cn1ncc2c1CCN(C(=O)OCc1ccccc1)C2C(=O)O. The summed E-state index contributed by atoms with van der Waals surface area (Å²) < 4.78 is 6.92. The molecule has 3 rings (SSSR count). The van der Waals surface area contributed by atoms with Crippen LogP contribution in [0.3, 0.4) is 0 Å². The van der Waals surface area contributed by atoms with Crippen LogP contribution >= 0.6 is 0 Å². The molecule has 0 bridgehead atoms. The number of carboxylic acid groups (broad SMARTS) is 1. The first-order valence-electron chi connectivity index (χ1n) is 7.29. The molecular weight excluding hydrogens is 298 g/mol. The van der Waals surface area contributed by atoms with Crippen LogP contribution in [0.25, 0.3) is 0 Å². The normalized spacial score (nSPS) is 16.7. The summed E-state index contributed by atoms with van der Waals surface area (Å²) in [7, 11) is 1.77. The lowest BCUT2D eigenvalue weighted by atomic mass is 10.00. The molecule has 1 N–H and O–H groups in total. The summed E-state index contributed by atoms with van der Waals surface area (Å²) in [6, 6.07) is 8.21. The van der Waals surface area contributed by atoms with Crippen molar-refractivity contribution in [1.82, 2.24) is 14.7 Å². The first kappa shape index (κ1) is 15.1. The van der Waals surface area contributed by atoms with Gasteiger partial charge in [-0.3, -0.25) is 9.58 Å². The summed E-state index contributed by atoms with van der Waals surface area (Å²) in [6.07, 6.45) is 1.43. The zero-order chi connectivity index (χ0) is 16.4. The largest absolute Gasteiger partial charge is 0.479 e. The number of fused-ring (bicyclic) bond motifs is 1. The van der Waals surface area contributed by atoms with Gasteiger partial charge >= 0.3 is 12.1 Å². The van der Waals surface area contributed by atoms with Crippen molar-refractivity contribution in [3.8, 4) is 0 Å². The molecule has 1 amide bonds. The summed E-state index contributed by atoms with van der Waals surface area (Å²) in [6.45, 7) is 0.402. The Bertz CT molecular complexity index is 726. The van der Waals surface area contributed by atoms with Gasteiger partial charge in [-0.25, -0.2) is 9.59 Å². The van der Waals surface area contributed by atoms with Crippen LogP contribution in [0.5, 0.6) is 0 Å². The van der Waals surface area contributed by atoms with Gasteiger partial charge in [0.2, 0.25) is 0 Å². The van der Waals surface area contributed by atoms with E-state index in [0.717, 1.165) is 11.3 Å². The molecule has 7 heteroatoms. The molecule has 1 aliphatic heterocycles. The van der Waals surface area contributed by atoms with Crippen molar-refractivity contribution in [2.45, 2.75) is 19.1 Å². The second-order valence-electron chi connectivity index (χ2n) is 5.39. The summed E-state index contributed by atoms with van der Waals surface area (Å²) in [5, 5.41) is 13.6. The molecule has 120 valence electrons. The number of carbonyl (C=O) groups is 2. The van der Waals surface area contributed by atoms with E-state index < -0.39 is 18.1 Å². The van der Waals surface area contributed by atoms with Crippen LogP contribution in [0, 0.1) is 0 Å². The summed E-state index contributed by atoms with van der Waals surface area (Å²) in [4.78, 5) is 25.2. The van der Waals surface area contributed by atoms with Crippen molar-refractivity contribution in [2.24, 2.45) is 7.05 Å². The molecule has 1 atom stereocenters. The smallest absolute Gasteiger partial charge is 0.411 e. The van der Waals surface area contributed by atoms with Crippen LogP contribution in [-0.2, 0) is 29.6 Å². The molecule has 2 aromatic rings. The number of aliphatic carboxylic acids is 1. The zero-order valence-electron chi connectivity index (χ0n) is 12.7. The Morgan fingerprint density at radius 2 is 2.09 bits per heavy atom. The highest BCUT2D eigenvalue weighted by molar-refractivity contribution is 5.82. The van der Waals surface area contributed by atoms with Crippen LogP contribution in [0.4, 0.5) is 4.79 Å². The van der Waals surface area contributed by atoms with Gasteiger partial charge in [-0.2, -0.15) is 5.10 Å². The number of amides is 1. The first-order chi connectivity index (χ1) is 11.1. The van der Waals surface area contributed by atoms with Gasteiger partial charge in [-0.05, 0) is 5.56 Å². The fourth-order valence-corrected chi connectivity index (χ4v) is 2.80. The second kappa shape index (κ2) is 6.12. The quantitative estimate of drug-likeness (QED) is 0.932. The molecule has 1 aromatic heterocycles. The van der Waals surface area contributed by atoms with Crippen molar-refractivity contribution in [3.05, 3.63) is 53.3 Å². The minimum atomic E-state index is -1.09. The van der Waals surface area contributed by atoms with Gasteiger partial charge in [0, 0.05) is 31.3 Å². The highest BCUT2D eigenvalue weighted by atomic mass is 16.6. The standard InChI is InChI=1S/C16H17N3O4/c1-18-13-7-8-19(14(15(20)21)12(13)9-17-18)16(22)23-10-11-5-3-2-4-6-11/h2-6,9,14H,7-8,10H2,1H3,(H,20,21). The molecule has 0 spiro atoms. The van der Waals surface area contributed by atoms with E-state index in [1.54, 1.807) is 11.7 Å². The third-order valence-corrected chi connectivity index (χ3v) is 3.96. The number of hydrogen-bond acceptors (Lipinski definition) is 4. The van der Waals surface area contributed by atoms with E-state index in [9.17, 15) is 14.7 Å². The Morgan fingerprint density at radius 1 is 1.35 bits per heavy atom. The second-order valence-corrected chi connectivity index (χ2v) is 5.39. The predicted octanol–water partition coefficient (Wildman–Crippen LogP) is 1.74. The highest BCUT2D eigenvalue weighted by Crippen LogP contribution is 2.30. The fourth-order valence-electron chi connectivity index (χ4n) is 2.80.